The summed E-state index contributed by atoms with van der Waals surface area (Å²) < 4.78 is 66.5. The molecule has 0 radical (unpaired) electrons. The van der Waals surface area contributed by atoms with E-state index in [0.717, 1.165) is 24.3 Å². The summed E-state index contributed by atoms with van der Waals surface area (Å²) in [6, 6.07) is 8.55. The number of ether oxygens (including phenoxy) is 4. The van der Waals surface area contributed by atoms with Crippen molar-refractivity contribution in [3.63, 3.8) is 0 Å². The van der Waals surface area contributed by atoms with Crippen LogP contribution >= 0.6 is 20.1 Å². The second-order valence-electron chi connectivity index (χ2n) is 19.9. The molecule has 64 heavy (non-hydrogen) atoms. The number of likely N-dealkylation sites (tertiary alicyclic amines) is 2. The molecule has 3 aromatic heterocycles. The van der Waals surface area contributed by atoms with Gasteiger partial charge in [-0.25, -0.2) is 48.4 Å². The van der Waals surface area contributed by atoms with Gasteiger partial charge in [0.15, 0.2) is 0 Å². The number of hydrogen-bond acceptors (Lipinski definition) is 9. The van der Waals surface area contributed by atoms with Crippen LogP contribution in [0.5, 0.6) is 0 Å². The van der Waals surface area contributed by atoms with Crippen LogP contribution in [0.15, 0.2) is 40.8 Å². The van der Waals surface area contributed by atoms with E-state index in [1.807, 2.05) is 43.8 Å². The fraction of sp³-hybridized carbons (Fsp3) is 0.574. The van der Waals surface area contributed by atoms with Crippen LogP contribution < -0.4 is 0 Å². The Labute approximate surface area is 378 Å². The molecule has 2 atom stereocenters. The van der Waals surface area contributed by atoms with E-state index in [1.54, 1.807) is 34.1 Å². The fourth-order valence-corrected chi connectivity index (χ4v) is 9.38. The molecule has 5 aromatic rings. The molecule has 2 aliphatic rings. The average Bonchev–Trinajstić information content (AvgIpc) is 4.03. The van der Waals surface area contributed by atoms with E-state index in [9.17, 15) is 9.59 Å². The Morgan fingerprint density at radius 1 is 0.734 bits per heavy atom. The first kappa shape index (κ1) is 47.6. The van der Waals surface area contributed by atoms with Crippen LogP contribution in [-0.4, -0.2) is 128 Å². The molecule has 2 fully saturated rings. The summed E-state index contributed by atoms with van der Waals surface area (Å²) in [5.41, 5.74) is 1.68. The topological polar surface area (TPSA) is 126 Å². The van der Waals surface area contributed by atoms with Gasteiger partial charge in [-0.15, -0.1) is 0 Å². The highest BCUT2D eigenvalue weighted by molar-refractivity contribution is 8.32. The maximum absolute atomic E-state index is 16.4. The van der Waals surface area contributed by atoms with Gasteiger partial charge in [-0.05, 0) is 122 Å². The molecular weight excluding hydrogens is 863 g/mol. The van der Waals surface area contributed by atoms with Crippen LogP contribution in [0.3, 0.4) is 0 Å². The van der Waals surface area contributed by atoms with E-state index in [-0.39, 0.29) is 48.3 Å². The normalized spacial score (nSPS) is 18.0. The lowest BCUT2D eigenvalue weighted by Crippen LogP contribution is -2.37. The summed E-state index contributed by atoms with van der Waals surface area (Å²) in [6.07, 6.45) is 15.1. The highest BCUT2D eigenvalue weighted by atomic mass is 32.3. The van der Waals surface area contributed by atoms with Gasteiger partial charge in [0.1, 0.15) is 53.9 Å². The molecule has 0 saturated carbocycles. The number of hydrogen-bond donors (Lipinski definition) is 0. The number of imidazole rings is 2. The van der Waals surface area contributed by atoms with E-state index in [0.29, 0.717) is 72.9 Å². The van der Waals surface area contributed by atoms with Crippen molar-refractivity contribution in [1.29, 1.82) is 0 Å². The number of fused-ring (bicyclic) bond motifs is 2. The Morgan fingerprint density at radius 3 is 1.58 bits per heavy atom. The molecule has 0 bridgehead atoms. The first-order valence-corrected chi connectivity index (χ1v) is 28.1. The number of carbonyl (C=O) groups excluding carboxylic acids is 2. The molecule has 5 heterocycles. The molecular formula is C47H66F2N6O7S2. The Hall–Kier alpha value is -4.32. The fourth-order valence-electron chi connectivity index (χ4n) is 8.14. The minimum absolute atomic E-state index is 0.133. The lowest BCUT2D eigenvalue weighted by atomic mass is 10.1. The van der Waals surface area contributed by atoms with Crippen molar-refractivity contribution >= 4 is 54.3 Å². The minimum atomic E-state index is -0.807. The summed E-state index contributed by atoms with van der Waals surface area (Å²) in [4.78, 5) is 40.0. The third kappa shape index (κ3) is 11.0. The van der Waals surface area contributed by atoms with Crippen molar-refractivity contribution in [2.45, 2.75) is 97.6 Å². The number of benzene rings is 2. The predicted octanol–water partition coefficient (Wildman–Crippen LogP) is 10.7. The molecule has 17 heteroatoms. The zero-order chi connectivity index (χ0) is 46.3. The number of nitrogens with zero attached hydrogens (tertiary/aromatic N) is 6. The van der Waals surface area contributed by atoms with Gasteiger partial charge in [-0.3, -0.25) is 9.80 Å². The van der Waals surface area contributed by atoms with Crippen molar-refractivity contribution in [3.05, 3.63) is 59.7 Å². The Kier molecular flexibility index (Phi) is 14.1. The molecule has 0 aliphatic carbocycles. The third-order valence-electron chi connectivity index (χ3n) is 11.3. The quantitative estimate of drug-likeness (QED) is 0.0943. The molecule has 2 aromatic carbocycles. The smallest absolute Gasteiger partial charge is 0.410 e. The monoisotopic (exact) mass is 928 g/mol. The molecule has 352 valence electrons. The Balaban J connectivity index is 1.23. The van der Waals surface area contributed by atoms with Crippen LogP contribution in [-0.2, 0) is 32.4 Å². The molecule has 0 spiro atoms. The van der Waals surface area contributed by atoms with Crippen LogP contribution in [0.4, 0.5) is 18.4 Å². The maximum atomic E-state index is 16.4. The molecule has 13 nitrogen and oxygen atoms in total. The maximum Gasteiger partial charge on any atom is 0.410 e. The van der Waals surface area contributed by atoms with Gasteiger partial charge in [0.25, 0.3) is 0 Å². The number of halogens is 2. The standard InChI is InChI=1S/C47H66F2N6O7S2/c1-30(2)60-45(56)52-18-12-14-37(52)43-50-35-24-31(33(48)26-39(35)54(43)28-58-20-22-63(6,7)8)41-16-17-42(61-41)32-25-36-40(27-34(32)49)55(29-59-21-23-64(9,10)11)44(51-36)38-15-13-19-53(38)46(57)62-47(3,4)5/h16-17,24-27,30,37-38H,12-15,18-23,28-29H2,1-11H3/t37-,38-/m0/s1. The van der Waals surface area contributed by atoms with Crippen molar-refractivity contribution in [2.75, 3.05) is 75.3 Å². The zero-order valence-electron chi connectivity index (χ0n) is 39.3. The summed E-state index contributed by atoms with van der Waals surface area (Å²) >= 11 is 0. The highest BCUT2D eigenvalue weighted by Crippen LogP contribution is 2.41. The van der Waals surface area contributed by atoms with Gasteiger partial charge in [0.2, 0.25) is 0 Å². The van der Waals surface area contributed by atoms with Crippen molar-refractivity contribution in [2.24, 2.45) is 0 Å². The lowest BCUT2D eigenvalue weighted by molar-refractivity contribution is 0.0205. The van der Waals surface area contributed by atoms with Crippen LogP contribution in [0.2, 0.25) is 0 Å². The number of amides is 2. The van der Waals surface area contributed by atoms with Crippen LogP contribution in [0.25, 0.3) is 44.7 Å². The Morgan fingerprint density at radius 2 is 1.17 bits per heavy atom. The zero-order valence-corrected chi connectivity index (χ0v) is 40.9. The number of furan rings is 1. The van der Waals surface area contributed by atoms with Gasteiger partial charge in [0, 0.05) is 36.7 Å². The van der Waals surface area contributed by atoms with E-state index in [1.165, 1.54) is 12.1 Å². The lowest BCUT2D eigenvalue weighted by Gasteiger charge is -2.29. The second-order valence-corrected chi connectivity index (χ2v) is 29.1. The summed E-state index contributed by atoms with van der Waals surface area (Å²) in [6.45, 7) is 11.5. The van der Waals surface area contributed by atoms with Crippen molar-refractivity contribution < 1.29 is 41.7 Å². The number of rotatable bonds is 15. The van der Waals surface area contributed by atoms with Gasteiger partial charge in [-0.1, -0.05) is 0 Å². The van der Waals surface area contributed by atoms with Gasteiger partial charge in [-0.2, -0.15) is 0 Å². The first-order chi connectivity index (χ1) is 30.1. The first-order valence-electron chi connectivity index (χ1n) is 22.0. The summed E-state index contributed by atoms with van der Waals surface area (Å²) in [5, 5.41) is 0. The third-order valence-corrected chi connectivity index (χ3v) is 14.1. The van der Waals surface area contributed by atoms with E-state index >= 15 is 8.78 Å². The van der Waals surface area contributed by atoms with Crippen LogP contribution in [0, 0.1) is 11.6 Å². The van der Waals surface area contributed by atoms with Crippen LogP contribution in [0.1, 0.15) is 84.0 Å². The minimum Gasteiger partial charge on any atom is -0.456 e. The second kappa shape index (κ2) is 18.9. The van der Waals surface area contributed by atoms with Crippen molar-refractivity contribution in [3.8, 4) is 22.6 Å². The van der Waals surface area contributed by atoms with Gasteiger partial charge >= 0.3 is 12.2 Å². The molecule has 2 saturated heterocycles. The van der Waals surface area contributed by atoms with Crippen molar-refractivity contribution in [1.82, 2.24) is 28.9 Å². The molecule has 0 unspecified atom stereocenters. The molecule has 2 amide bonds. The van der Waals surface area contributed by atoms with Gasteiger partial charge in [0.05, 0.1) is 64.6 Å². The van der Waals surface area contributed by atoms with E-state index in [2.05, 4.69) is 37.5 Å². The predicted molar refractivity (Wildman–Crippen MR) is 254 cm³/mol. The van der Waals surface area contributed by atoms with E-state index < -0.39 is 55.5 Å². The largest absolute Gasteiger partial charge is 0.456 e. The SMILES string of the molecule is CC(C)OC(=O)N1CCC[C@H]1c1nc2cc(-c3ccc(-c4cc5nc([C@@H]6CCCN6C(=O)OC(C)(C)C)n(COCCS(C)(C)C)c5cc4F)o3)c(F)cc2n1COCCS(C)(C)C. The number of carbonyl (C=O) groups is 2. The molecule has 2 aliphatic heterocycles. The average molecular weight is 929 g/mol. The summed E-state index contributed by atoms with van der Waals surface area (Å²) in [5.74, 6) is 2.26. The van der Waals surface area contributed by atoms with E-state index in [4.69, 9.17) is 33.3 Å². The Bertz CT molecular complexity index is 2480. The number of aromatic nitrogens is 4. The highest BCUT2D eigenvalue weighted by Gasteiger charge is 2.38. The molecule has 7 rings (SSSR count). The van der Waals surface area contributed by atoms with Gasteiger partial charge < -0.3 is 32.5 Å². The molecule has 0 N–H and O–H groups in total. The summed E-state index contributed by atoms with van der Waals surface area (Å²) in [7, 11) is -1.61.